The number of halogens is 1. The Morgan fingerprint density at radius 3 is 1.90 bits per heavy atom. The standard InChI is InChI=1S/C23H40BrN3O3/c1-6-25(7-2)12-14-27(15-13-26(8-3)9-4)17-21-16-20(18-28)10-11-22(21)30-23(29)19(5)24/h10-11,16,19,28H,6-9,12-15,17-18H2,1-5H3. The van der Waals surface area contributed by atoms with Gasteiger partial charge in [-0.05, 0) is 50.8 Å². The molecular formula is C23H40BrN3O3. The van der Waals surface area contributed by atoms with Crippen molar-refractivity contribution in [3.05, 3.63) is 29.3 Å². The molecule has 7 heteroatoms. The van der Waals surface area contributed by atoms with Gasteiger partial charge in [-0.15, -0.1) is 0 Å². The van der Waals surface area contributed by atoms with Crippen molar-refractivity contribution in [3.8, 4) is 5.75 Å². The summed E-state index contributed by atoms with van der Waals surface area (Å²) in [5.41, 5.74) is 1.76. The molecule has 0 spiro atoms. The highest BCUT2D eigenvalue weighted by Crippen LogP contribution is 2.23. The monoisotopic (exact) mass is 485 g/mol. The maximum Gasteiger partial charge on any atom is 0.324 e. The number of rotatable bonds is 15. The first-order valence-electron chi connectivity index (χ1n) is 11.1. The molecule has 1 rings (SSSR count). The van der Waals surface area contributed by atoms with E-state index in [1.807, 2.05) is 6.07 Å². The molecule has 6 nitrogen and oxygen atoms in total. The van der Waals surface area contributed by atoms with Gasteiger partial charge in [-0.3, -0.25) is 9.69 Å². The smallest absolute Gasteiger partial charge is 0.324 e. The Labute approximate surface area is 191 Å². The lowest BCUT2D eigenvalue weighted by atomic mass is 10.1. The van der Waals surface area contributed by atoms with Gasteiger partial charge >= 0.3 is 5.97 Å². The minimum absolute atomic E-state index is 0.0328. The topological polar surface area (TPSA) is 56.3 Å². The molecule has 172 valence electrons. The molecule has 0 aliphatic rings. The molecule has 0 aromatic heterocycles. The molecule has 0 aliphatic carbocycles. The summed E-state index contributed by atoms with van der Waals surface area (Å²) in [5, 5.41) is 9.59. The van der Waals surface area contributed by atoms with Gasteiger partial charge in [0.15, 0.2) is 0 Å². The van der Waals surface area contributed by atoms with Crippen LogP contribution in [0.4, 0.5) is 0 Å². The number of esters is 1. The Morgan fingerprint density at radius 1 is 0.967 bits per heavy atom. The maximum atomic E-state index is 12.1. The largest absolute Gasteiger partial charge is 0.425 e. The van der Waals surface area contributed by atoms with Crippen LogP contribution in [-0.2, 0) is 17.9 Å². The van der Waals surface area contributed by atoms with E-state index in [0.717, 1.165) is 63.5 Å². The van der Waals surface area contributed by atoms with Crippen LogP contribution < -0.4 is 4.74 Å². The van der Waals surface area contributed by atoms with Crippen molar-refractivity contribution in [3.63, 3.8) is 0 Å². The van der Waals surface area contributed by atoms with E-state index < -0.39 is 0 Å². The first-order chi connectivity index (χ1) is 14.4. The maximum absolute atomic E-state index is 12.1. The summed E-state index contributed by atoms with van der Waals surface area (Å²) >= 11 is 3.28. The van der Waals surface area contributed by atoms with Gasteiger partial charge in [0.1, 0.15) is 10.6 Å². The second-order valence-electron chi connectivity index (χ2n) is 7.47. The fourth-order valence-corrected chi connectivity index (χ4v) is 3.39. The Balaban J connectivity index is 3.03. The number of aliphatic hydroxyl groups is 1. The van der Waals surface area contributed by atoms with Crippen LogP contribution in [0.15, 0.2) is 18.2 Å². The van der Waals surface area contributed by atoms with Crippen LogP contribution in [0, 0.1) is 0 Å². The molecule has 1 aromatic rings. The molecule has 30 heavy (non-hydrogen) atoms. The van der Waals surface area contributed by atoms with E-state index in [-0.39, 0.29) is 17.4 Å². The third kappa shape index (κ3) is 9.43. The summed E-state index contributed by atoms with van der Waals surface area (Å²) in [7, 11) is 0. The summed E-state index contributed by atoms with van der Waals surface area (Å²) in [6, 6.07) is 5.55. The van der Waals surface area contributed by atoms with Gasteiger partial charge in [0.25, 0.3) is 0 Å². The third-order valence-electron chi connectivity index (χ3n) is 5.49. The van der Waals surface area contributed by atoms with Gasteiger partial charge in [-0.1, -0.05) is 49.7 Å². The summed E-state index contributed by atoms with van der Waals surface area (Å²) in [6.45, 7) is 19.2. The van der Waals surface area contributed by atoms with Gasteiger partial charge in [0.2, 0.25) is 0 Å². The number of hydrogen-bond donors (Lipinski definition) is 1. The molecule has 1 aromatic carbocycles. The summed E-state index contributed by atoms with van der Waals surface area (Å²) in [4.78, 5) is 19.0. The Kier molecular flexibility index (Phi) is 13.4. The lowest BCUT2D eigenvalue weighted by Crippen LogP contribution is -2.39. The minimum Gasteiger partial charge on any atom is -0.425 e. The van der Waals surface area contributed by atoms with Crippen LogP contribution in [0.2, 0.25) is 0 Å². The average Bonchev–Trinajstić information content (AvgIpc) is 2.75. The molecule has 0 aliphatic heterocycles. The number of hydrogen-bond acceptors (Lipinski definition) is 6. The highest BCUT2D eigenvalue weighted by molar-refractivity contribution is 9.10. The van der Waals surface area contributed by atoms with E-state index in [1.165, 1.54) is 0 Å². The lowest BCUT2D eigenvalue weighted by Gasteiger charge is -2.29. The van der Waals surface area contributed by atoms with Gasteiger partial charge in [-0.2, -0.15) is 0 Å². The van der Waals surface area contributed by atoms with Gasteiger partial charge in [-0.25, -0.2) is 0 Å². The molecule has 0 heterocycles. The number of aliphatic hydroxyl groups excluding tert-OH is 1. The normalized spacial score (nSPS) is 12.7. The Hall–Kier alpha value is -0.990. The van der Waals surface area contributed by atoms with Gasteiger partial charge in [0, 0.05) is 38.3 Å². The van der Waals surface area contributed by atoms with E-state index in [1.54, 1.807) is 19.1 Å². The van der Waals surface area contributed by atoms with Crippen LogP contribution in [0.3, 0.4) is 0 Å². The lowest BCUT2D eigenvalue weighted by molar-refractivity contribution is -0.133. The molecular weight excluding hydrogens is 446 g/mol. The fourth-order valence-electron chi connectivity index (χ4n) is 3.30. The number of ether oxygens (including phenoxy) is 1. The van der Waals surface area contributed by atoms with Crippen LogP contribution in [0.1, 0.15) is 45.7 Å². The summed E-state index contributed by atoms with van der Waals surface area (Å²) in [5.74, 6) is 0.255. The highest BCUT2D eigenvalue weighted by Gasteiger charge is 2.17. The number of carbonyl (C=O) groups is 1. The van der Waals surface area contributed by atoms with Gasteiger partial charge < -0.3 is 19.6 Å². The molecule has 0 bridgehead atoms. The molecule has 0 radical (unpaired) electrons. The number of likely N-dealkylation sites (N-methyl/N-ethyl adjacent to an activating group) is 2. The van der Waals surface area contributed by atoms with E-state index in [0.29, 0.717) is 12.3 Å². The van der Waals surface area contributed by atoms with E-state index >= 15 is 0 Å². The predicted octanol–water partition coefficient (Wildman–Crippen LogP) is 3.35. The van der Waals surface area contributed by atoms with Gasteiger partial charge in [0.05, 0.1) is 6.61 Å². The summed E-state index contributed by atoms with van der Waals surface area (Å²) in [6.07, 6.45) is 0. The molecule has 0 saturated carbocycles. The number of benzene rings is 1. The first-order valence-corrected chi connectivity index (χ1v) is 12.0. The Bertz CT molecular complexity index is 604. The highest BCUT2D eigenvalue weighted by atomic mass is 79.9. The predicted molar refractivity (Wildman–Crippen MR) is 127 cm³/mol. The van der Waals surface area contributed by atoms with Crippen molar-refractivity contribution in [2.24, 2.45) is 0 Å². The number of carbonyl (C=O) groups excluding carboxylic acids is 1. The van der Waals surface area contributed by atoms with E-state index in [9.17, 15) is 9.90 Å². The van der Waals surface area contributed by atoms with Crippen molar-refractivity contribution < 1.29 is 14.6 Å². The molecule has 1 atom stereocenters. The van der Waals surface area contributed by atoms with Crippen molar-refractivity contribution in [2.45, 2.75) is 52.6 Å². The van der Waals surface area contributed by atoms with Crippen molar-refractivity contribution in [1.82, 2.24) is 14.7 Å². The number of alkyl halides is 1. The quantitative estimate of drug-likeness (QED) is 0.233. The average molecular weight is 486 g/mol. The molecule has 0 saturated heterocycles. The molecule has 0 amide bonds. The van der Waals surface area contributed by atoms with Crippen LogP contribution in [0.5, 0.6) is 5.75 Å². The minimum atomic E-state index is -0.371. The summed E-state index contributed by atoms with van der Waals surface area (Å²) < 4.78 is 5.63. The van der Waals surface area contributed by atoms with Crippen molar-refractivity contribution in [2.75, 3.05) is 52.4 Å². The SMILES string of the molecule is CCN(CC)CCN(CCN(CC)CC)Cc1cc(CO)ccc1OC(=O)C(C)Br. The fraction of sp³-hybridized carbons (Fsp3) is 0.696. The molecule has 1 unspecified atom stereocenters. The zero-order valence-electron chi connectivity index (χ0n) is 19.4. The van der Waals surface area contributed by atoms with Crippen LogP contribution >= 0.6 is 15.9 Å². The van der Waals surface area contributed by atoms with Crippen molar-refractivity contribution in [1.29, 1.82) is 0 Å². The number of nitrogens with zero attached hydrogens (tertiary/aromatic N) is 3. The zero-order valence-corrected chi connectivity index (χ0v) is 20.9. The van der Waals surface area contributed by atoms with E-state index in [4.69, 9.17) is 4.74 Å². The van der Waals surface area contributed by atoms with Crippen LogP contribution in [0.25, 0.3) is 0 Å². The molecule has 1 N–H and O–H groups in total. The third-order valence-corrected chi connectivity index (χ3v) is 5.86. The van der Waals surface area contributed by atoms with E-state index in [2.05, 4.69) is 58.3 Å². The zero-order chi connectivity index (χ0) is 22.5. The Morgan fingerprint density at radius 2 is 1.47 bits per heavy atom. The first kappa shape index (κ1) is 27.0. The van der Waals surface area contributed by atoms with Crippen LogP contribution in [-0.4, -0.2) is 83.0 Å². The molecule has 0 fully saturated rings. The second kappa shape index (κ2) is 14.9. The second-order valence-corrected chi connectivity index (χ2v) is 8.84. The van der Waals surface area contributed by atoms with Crippen molar-refractivity contribution >= 4 is 21.9 Å².